The smallest absolute Gasteiger partial charge is 0.233 e. The molecule has 2 aliphatic rings. The van der Waals surface area contributed by atoms with E-state index in [4.69, 9.17) is 0 Å². The van der Waals surface area contributed by atoms with Gasteiger partial charge in [-0.25, -0.2) is 4.68 Å². The van der Waals surface area contributed by atoms with Gasteiger partial charge >= 0.3 is 0 Å². The van der Waals surface area contributed by atoms with Crippen LogP contribution in [0.5, 0.6) is 0 Å². The quantitative estimate of drug-likeness (QED) is 0.720. The number of tetrazole rings is 1. The average Bonchev–Trinajstić information content (AvgIpc) is 3.38. The number of carbonyl (C=O) groups is 1. The molecule has 1 saturated carbocycles. The monoisotopic (exact) mass is 372 g/mol. The molecule has 7 nitrogen and oxygen atoms in total. The number of amides is 1. The van der Waals surface area contributed by atoms with Crippen molar-refractivity contribution in [2.45, 2.75) is 37.5 Å². The number of aryl methyl sites for hydroxylation is 1. The van der Waals surface area contributed by atoms with E-state index >= 15 is 0 Å². The highest BCUT2D eigenvalue weighted by atomic mass is 32.2. The van der Waals surface area contributed by atoms with Crippen LogP contribution in [0.4, 0.5) is 0 Å². The van der Waals surface area contributed by atoms with Gasteiger partial charge in [-0.05, 0) is 35.8 Å². The summed E-state index contributed by atoms with van der Waals surface area (Å²) < 4.78 is 1.86. The predicted molar refractivity (Wildman–Crippen MR) is 99.8 cm³/mol. The zero-order valence-electron chi connectivity index (χ0n) is 15.0. The molecule has 8 heteroatoms. The topological polar surface area (TPSA) is 67.2 Å². The van der Waals surface area contributed by atoms with Crippen LogP contribution >= 0.6 is 11.8 Å². The summed E-state index contributed by atoms with van der Waals surface area (Å²) in [5.74, 6) is 0.584. The largest absolute Gasteiger partial charge is 0.339 e. The highest BCUT2D eigenvalue weighted by molar-refractivity contribution is 7.99. The first-order valence-corrected chi connectivity index (χ1v) is 10.1. The Morgan fingerprint density at radius 1 is 1.23 bits per heavy atom. The minimum absolute atomic E-state index is 0.176. The Balaban J connectivity index is 1.23. The Bertz CT molecular complexity index is 767. The Morgan fingerprint density at radius 2 is 2.04 bits per heavy atom. The van der Waals surface area contributed by atoms with Crippen LogP contribution in [0, 0.1) is 6.92 Å². The van der Waals surface area contributed by atoms with E-state index in [0.717, 1.165) is 50.7 Å². The van der Waals surface area contributed by atoms with Crippen molar-refractivity contribution < 1.29 is 4.79 Å². The second kappa shape index (κ2) is 7.75. The zero-order chi connectivity index (χ0) is 17.9. The molecule has 1 aromatic carbocycles. The zero-order valence-corrected chi connectivity index (χ0v) is 15.9. The lowest BCUT2D eigenvalue weighted by atomic mass is 10.1. The number of carbonyl (C=O) groups excluding carboxylic acids is 1. The van der Waals surface area contributed by atoms with E-state index in [0.29, 0.717) is 11.8 Å². The minimum atomic E-state index is 0.176. The number of hydrogen-bond donors (Lipinski definition) is 0. The third kappa shape index (κ3) is 4.24. The van der Waals surface area contributed by atoms with Gasteiger partial charge in [0.1, 0.15) is 0 Å². The molecule has 0 N–H and O–H groups in total. The molecule has 0 atom stereocenters. The van der Waals surface area contributed by atoms with Gasteiger partial charge in [-0.2, -0.15) is 0 Å². The van der Waals surface area contributed by atoms with Crippen molar-refractivity contribution in [3.63, 3.8) is 0 Å². The molecule has 0 bridgehead atoms. The molecule has 2 heterocycles. The third-order valence-corrected chi connectivity index (χ3v) is 5.81. The van der Waals surface area contributed by atoms with Crippen LogP contribution in [-0.4, -0.2) is 67.8 Å². The second-order valence-electron chi connectivity index (χ2n) is 7.07. The SMILES string of the molecule is Cc1cccc(CN2CCN(C(=O)CSc3nnnn3C3CC3)CC2)c1. The maximum absolute atomic E-state index is 12.5. The third-order valence-electron chi connectivity index (χ3n) is 4.89. The second-order valence-corrected chi connectivity index (χ2v) is 8.01. The molecule has 0 unspecified atom stereocenters. The molecule has 26 heavy (non-hydrogen) atoms. The van der Waals surface area contributed by atoms with Gasteiger partial charge in [0, 0.05) is 32.7 Å². The highest BCUT2D eigenvalue weighted by Crippen LogP contribution is 2.36. The van der Waals surface area contributed by atoms with Gasteiger partial charge < -0.3 is 4.90 Å². The van der Waals surface area contributed by atoms with E-state index in [9.17, 15) is 4.79 Å². The van der Waals surface area contributed by atoms with Gasteiger partial charge in [-0.3, -0.25) is 9.69 Å². The van der Waals surface area contributed by atoms with Crippen molar-refractivity contribution >= 4 is 17.7 Å². The summed E-state index contributed by atoms with van der Waals surface area (Å²) in [6.45, 7) is 6.50. The van der Waals surface area contributed by atoms with E-state index in [1.165, 1.54) is 22.9 Å². The van der Waals surface area contributed by atoms with Crippen molar-refractivity contribution in [3.8, 4) is 0 Å². The average molecular weight is 372 g/mol. The number of rotatable bonds is 6. The molecule has 4 rings (SSSR count). The molecule has 1 saturated heterocycles. The summed E-state index contributed by atoms with van der Waals surface area (Å²) in [5, 5.41) is 12.6. The van der Waals surface area contributed by atoms with Crippen molar-refractivity contribution in [3.05, 3.63) is 35.4 Å². The van der Waals surface area contributed by atoms with Crippen LogP contribution in [0.1, 0.15) is 30.0 Å². The van der Waals surface area contributed by atoms with Crippen LogP contribution in [0.25, 0.3) is 0 Å². The van der Waals surface area contributed by atoms with E-state index in [1.807, 2.05) is 9.58 Å². The first kappa shape index (κ1) is 17.5. The number of piperazine rings is 1. The fourth-order valence-electron chi connectivity index (χ4n) is 3.27. The summed E-state index contributed by atoms with van der Waals surface area (Å²) in [6, 6.07) is 9.07. The molecule has 1 aliphatic carbocycles. The van der Waals surface area contributed by atoms with Gasteiger partial charge in [0.05, 0.1) is 11.8 Å². The first-order chi connectivity index (χ1) is 12.7. The number of benzene rings is 1. The Morgan fingerprint density at radius 3 is 2.77 bits per heavy atom. The van der Waals surface area contributed by atoms with E-state index in [-0.39, 0.29) is 5.91 Å². The van der Waals surface area contributed by atoms with E-state index in [1.54, 1.807) is 0 Å². The summed E-state index contributed by atoms with van der Waals surface area (Å²) >= 11 is 1.45. The summed E-state index contributed by atoms with van der Waals surface area (Å²) in [5.41, 5.74) is 2.63. The lowest BCUT2D eigenvalue weighted by molar-refractivity contribution is -0.130. The minimum Gasteiger partial charge on any atom is -0.339 e. The van der Waals surface area contributed by atoms with Crippen LogP contribution in [-0.2, 0) is 11.3 Å². The van der Waals surface area contributed by atoms with Gasteiger partial charge in [-0.15, -0.1) is 5.10 Å². The maximum atomic E-state index is 12.5. The molecule has 0 spiro atoms. The van der Waals surface area contributed by atoms with Gasteiger partial charge in [0.15, 0.2) is 0 Å². The Kier molecular flexibility index (Phi) is 5.21. The standard InChI is InChI=1S/C18H24N6OS/c1-14-3-2-4-15(11-14)12-22-7-9-23(10-8-22)17(25)13-26-18-19-20-21-24(18)16-5-6-16/h2-4,11,16H,5-10,12-13H2,1H3. The van der Waals surface area contributed by atoms with Crippen LogP contribution in [0.3, 0.4) is 0 Å². The van der Waals surface area contributed by atoms with Crippen molar-refractivity contribution in [2.24, 2.45) is 0 Å². The molecule has 138 valence electrons. The highest BCUT2D eigenvalue weighted by Gasteiger charge is 2.28. The summed E-state index contributed by atoms with van der Waals surface area (Å²) in [7, 11) is 0. The molecule has 1 aromatic heterocycles. The van der Waals surface area contributed by atoms with Gasteiger partial charge in [-0.1, -0.05) is 41.6 Å². The van der Waals surface area contributed by atoms with Crippen LogP contribution < -0.4 is 0 Å². The molecular weight excluding hydrogens is 348 g/mol. The molecule has 2 fully saturated rings. The number of nitrogens with zero attached hydrogens (tertiary/aromatic N) is 6. The number of thioether (sulfide) groups is 1. The fourth-order valence-corrected chi connectivity index (χ4v) is 4.12. The summed E-state index contributed by atoms with van der Waals surface area (Å²) in [6.07, 6.45) is 2.27. The van der Waals surface area contributed by atoms with E-state index < -0.39 is 0 Å². The number of hydrogen-bond acceptors (Lipinski definition) is 6. The molecular formula is C18H24N6OS. The molecule has 0 radical (unpaired) electrons. The predicted octanol–water partition coefficient (Wildman–Crippen LogP) is 1.75. The summed E-state index contributed by atoms with van der Waals surface area (Å²) in [4.78, 5) is 16.9. The van der Waals surface area contributed by atoms with Crippen LogP contribution in [0.2, 0.25) is 0 Å². The van der Waals surface area contributed by atoms with Crippen molar-refractivity contribution in [2.75, 3.05) is 31.9 Å². The van der Waals surface area contributed by atoms with Crippen molar-refractivity contribution in [1.29, 1.82) is 0 Å². The first-order valence-electron chi connectivity index (χ1n) is 9.15. The Hall–Kier alpha value is -1.93. The van der Waals surface area contributed by atoms with Gasteiger partial charge in [0.25, 0.3) is 0 Å². The number of aromatic nitrogens is 4. The van der Waals surface area contributed by atoms with E-state index in [2.05, 4.69) is 51.6 Å². The Labute approximate surface area is 157 Å². The molecule has 1 aliphatic heterocycles. The van der Waals surface area contributed by atoms with Gasteiger partial charge in [0.2, 0.25) is 11.1 Å². The maximum Gasteiger partial charge on any atom is 0.233 e. The lowest BCUT2D eigenvalue weighted by Crippen LogP contribution is -2.48. The molecule has 1 amide bonds. The fraction of sp³-hybridized carbons (Fsp3) is 0.556. The molecule has 2 aromatic rings. The van der Waals surface area contributed by atoms with Crippen molar-refractivity contribution in [1.82, 2.24) is 30.0 Å². The lowest BCUT2D eigenvalue weighted by Gasteiger charge is -2.34. The normalized spacial score (nSPS) is 18.3. The van der Waals surface area contributed by atoms with Crippen LogP contribution in [0.15, 0.2) is 29.4 Å².